The summed E-state index contributed by atoms with van der Waals surface area (Å²) >= 11 is 0. The fourth-order valence-corrected chi connectivity index (χ4v) is 6.33. The van der Waals surface area contributed by atoms with Crippen molar-refractivity contribution >= 4 is 15.9 Å². The van der Waals surface area contributed by atoms with E-state index in [2.05, 4.69) is 39.1 Å². The number of carbonyl (C=O) groups is 1. The first-order valence-corrected chi connectivity index (χ1v) is 14.3. The molecule has 2 atom stereocenters. The fraction of sp³-hybridized carbons (Fsp3) is 0.370. The first kappa shape index (κ1) is 24.6. The van der Waals surface area contributed by atoms with Crippen LogP contribution in [0.4, 0.5) is 0 Å². The van der Waals surface area contributed by atoms with E-state index in [-0.39, 0.29) is 17.4 Å². The topological polar surface area (TPSA) is 118 Å². The monoisotopic (exact) mass is 534 g/mol. The van der Waals surface area contributed by atoms with Crippen LogP contribution in [0.2, 0.25) is 0 Å². The Bertz CT molecular complexity index is 1480. The second-order valence-electron chi connectivity index (χ2n) is 10.1. The molecule has 2 N–H and O–H groups in total. The molecule has 0 saturated heterocycles. The summed E-state index contributed by atoms with van der Waals surface area (Å²) in [7, 11) is -3.94. The molecule has 3 aliphatic rings. The van der Waals surface area contributed by atoms with Gasteiger partial charge in [-0.3, -0.25) is 9.10 Å². The number of hydrogen-bond acceptors (Lipinski definition) is 7. The molecule has 38 heavy (non-hydrogen) atoms. The highest BCUT2D eigenvalue weighted by Crippen LogP contribution is 2.35. The van der Waals surface area contributed by atoms with Crippen LogP contribution in [-0.4, -0.2) is 52.3 Å². The van der Waals surface area contributed by atoms with Crippen molar-refractivity contribution < 1.29 is 17.9 Å². The maximum Gasteiger partial charge on any atom is 0.264 e. The van der Waals surface area contributed by atoms with E-state index in [4.69, 9.17) is 4.74 Å². The van der Waals surface area contributed by atoms with Gasteiger partial charge in [-0.2, -0.15) is 0 Å². The van der Waals surface area contributed by atoms with Crippen LogP contribution in [0, 0.1) is 6.92 Å². The van der Waals surface area contributed by atoms with Crippen LogP contribution < -0.4 is 15.4 Å². The SMILES string of the molecule is Cc1ccc(S(=O)(=O)N2C=CNC(=O)[C@H]2Cc2cn([C@@H]3CCOc4cc(CNC5CC5)ccc43)nn2)cc1. The fourth-order valence-electron chi connectivity index (χ4n) is 4.88. The minimum absolute atomic E-state index is 0.0575. The normalized spacial score (nSPS) is 21.1. The van der Waals surface area contributed by atoms with E-state index >= 15 is 0 Å². The average Bonchev–Trinajstić information content (AvgIpc) is 3.64. The number of ether oxygens (including phenoxy) is 1. The van der Waals surface area contributed by atoms with E-state index in [9.17, 15) is 13.2 Å². The van der Waals surface area contributed by atoms with Gasteiger partial charge in [-0.05, 0) is 43.5 Å². The van der Waals surface area contributed by atoms with Crippen LogP contribution in [-0.2, 0) is 27.8 Å². The highest BCUT2D eigenvalue weighted by atomic mass is 32.2. The lowest BCUT2D eigenvalue weighted by Crippen LogP contribution is -2.50. The standard InChI is InChI=1S/C27H30N6O4S/c1-18-2-7-22(8-3-18)38(35,36)33-12-11-28-27(34)25(33)15-21-17-32(31-30-21)24-10-13-37-26-14-19(4-9-23(24)26)16-29-20-5-6-20/h2-4,7-9,11-12,14,17,20,24-25,29H,5-6,10,13,15-16H2,1H3,(H,28,34)/t24-,25-/m1/s1. The maximum absolute atomic E-state index is 13.4. The van der Waals surface area contributed by atoms with E-state index in [1.807, 2.05) is 6.92 Å². The molecule has 1 amide bonds. The van der Waals surface area contributed by atoms with E-state index in [1.54, 1.807) is 35.1 Å². The largest absolute Gasteiger partial charge is 0.493 e. The van der Waals surface area contributed by atoms with Crippen molar-refractivity contribution in [2.24, 2.45) is 0 Å². The zero-order valence-electron chi connectivity index (χ0n) is 21.1. The lowest BCUT2D eigenvalue weighted by atomic mass is 9.99. The van der Waals surface area contributed by atoms with Crippen molar-refractivity contribution in [3.8, 4) is 5.75 Å². The summed E-state index contributed by atoms with van der Waals surface area (Å²) in [6.07, 6.45) is 7.83. The third-order valence-electron chi connectivity index (χ3n) is 7.19. The van der Waals surface area contributed by atoms with Gasteiger partial charge in [0.2, 0.25) is 5.91 Å². The highest BCUT2D eigenvalue weighted by molar-refractivity contribution is 7.89. The number of amides is 1. The summed E-state index contributed by atoms with van der Waals surface area (Å²) in [5.74, 6) is 0.432. The van der Waals surface area contributed by atoms with Crippen LogP contribution in [0.3, 0.4) is 0 Å². The second-order valence-corrected chi connectivity index (χ2v) is 11.9. The maximum atomic E-state index is 13.4. The van der Waals surface area contributed by atoms with Crippen LogP contribution in [0.5, 0.6) is 5.75 Å². The molecule has 2 aromatic carbocycles. The van der Waals surface area contributed by atoms with Crippen LogP contribution >= 0.6 is 0 Å². The van der Waals surface area contributed by atoms with Gasteiger partial charge in [-0.15, -0.1) is 5.10 Å². The Morgan fingerprint density at radius 1 is 1.13 bits per heavy atom. The Morgan fingerprint density at radius 3 is 2.74 bits per heavy atom. The molecular weight excluding hydrogens is 504 g/mol. The Balaban J connectivity index is 1.21. The van der Waals surface area contributed by atoms with Crippen molar-refractivity contribution in [1.82, 2.24) is 29.9 Å². The molecule has 0 spiro atoms. The number of carbonyl (C=O) groups excluding carboxylic acids is 1. The zero-order chi connectivity index (χ0) is 26.3. The highest BCUT2D eigenvalue weighted by Gasteiger charge is 2.36. The molecule has 0 bridgehead atoms. The van der Waals surface area contributed by atoms with Crippen molar-refractivity contribution in [1.29, 1.82) is 0 Å². The van der Waals surface area contributed by atoms with E-state index in [1.165, 1.54) is 30.8 Å². The molecule has 0 unspecified atom stereocenters. The Labute approximate surface area is 221 Å². The summed E-state index contributed by atoms with van der Waals surface area (Å²) in [6, 6.07) is 12.4. The van der Waals surface area contributed by atoms with Crippen LogP contribution in [0.15, 0.2) is 66.0 Å². The van der Waals surface area contributed by atoms with E-state index in [0.29, 0.717) is 18.3 Å². The van der Waals surface area contributed by atoms with E-state index < -0.39 is 22.0 Å². The van der Waals surface area contributed by atoms with Gasteiger partial charge in [-0.25, -0.2) is 13.1 Å². The van der Waals surface area contributed by atoms with Crippen LogP contribution in [0.1, 0.15) is 47.7 Å². The Morgan fingerprint density at radius 2 is 1.95 bits per heavy atom. The Hall–Kier alpha value is -3.70. The molecular formula is C27H30N6O4S. The molecule has 0 radical (unpaired) electrons. The minimum atomic E-state index is -3.94. The number of sulfonamides is 1. The third-order valence-corrected chi connectivity index (χ3v) is 8.99. The van der Waals surface area contributed by atoms with Gasteiger partial charge in [-0.1, -0.05) is 35.0 Å². The summed E-state index contributed by atoms with van der Waals surface area (Å²) in [6.45, 7) is 3.27. The quantitative estimate of drug-likeness (QED) is 0.456. The lowest BCUT2D eigenvalue weighted by Gasteiger charge is -2.31. The van der Waals surface area contributed by atoms with Gasteiger partial charge in [0.15, 0.2) is 0 Å². The molecule has 1 saturated carbocycles. The van der Waals surface area contributed by atoms with Crippen molar-refractivity contribution in [3.63, 3.8) is 0 Å². The van der Waals surface area contributed by atoms with Crippen molar-refractivity contribution in [3.05, 3.63) is 83.4 Å². The number of rotatable bonds is 8. The number of nitrogens with zero attached hydrogens (tertiary/aromatic N) is 4. The minimum Gasteiger partial charge on any atom is -0.493 e. The van der Waals surface area contributed by atoms with Gasteiger partial charge in [0.05, 0.1) is 23.2 Å². The number of hydrogen-bond donors (Lipinski definition) is 2. The third kappa shape index (κ3) is 4.91. The first-order chi connectivity index (χ1) is 18.4. The molecule has 2 aliphatic heterocycles. The molecule has 11 heteroatoms. The molecule has 1 aliphatic carbocycles. The Kier molecular flexibility index (Phi) is 6.40. The number of nitrogens with one attached hydrogen (secondary N) is 2. The predicted octanol–water partition coefficient (Wildman–Crippen LogP) is 2.41. The molecule has 10 nitrogen and oxygen atoms in total. The van der Waals surface area contributed by atoms with Gasteiger partial charge in [0.1, 0.15) is 11.8 Å². The van der Waals surface area contributed by atoms with Crippen LogP contribution in [0.25, 0.3) is 0 Å². The molecule has 1 aromatic heterocycles. The zero-order valence-corrected chi connectivity index (χ0v) is 21.9. The first-order valence-electron chi connectivity index (χ1n) is 12.9. The molecule has 3 aromatic rings. The summed E-state index contributed by atoms with van der Waals surface area (Å²) in [5.41, 5.74) is 3.69. The second kappa shape index (κ2) is 9.88. The summed E-state index contributed by atoms with van der Waals surface area (Å²) < 4.78 is 35.6. The molecule has 198 valence electrons. The van der Waals surface area contributed by atoms with Crippen molar-refractivity contribution in [2.45, 2.75) is 62.2 Å². The predicted molar refractivity (Wildman–Crippen MR) is 140 cm³/mol. The molecule has 1 fully saturated rings. The summed E-state index contributed by atoms with van der Waals surface area (Å²) in [5, 5.41) is 14.8. The molecule has 3 heterocycles. The lowest BCUT2D eigenvalue weighted by molar-refractivity contribution is -0.124. The number of aromatic nitrogens is 3. The number of benzene rings is 2. The van der Waals surface area contributed by atoms with Crippen molar-refractivity contribution in [2.75, 3.05) is 6.61 Å². The van der Waals surface area contributed by atoms with Gasteiger partial charge >= 0.3 is 0 Å². The van der Waals surface area contributed by atoms with Gasteiger partial charge < -0.3 is 15.4 Å². The smallest absolute Gasteiger partial charge is 0.264 e. The van der Waals surface area contributed by atoms with E-state index in [0.717, 1.165) is 34.1 Å². The average molecular weight is 535 g/mol. The molecule has 6 rings (SSSR count). The van der Waals surface area contributed by atoms with Gasteiger partial charge in [0, 0.05) is 49.6 Å². The number of aryl methyl sites for hydroxylation is 1. The van der Waals surface area contributed by atoms with Gasteiger partial charge in [0.25, 0.3) is 10.0 Å². The summed E-state index contributed by atoms with van der Waals surface area (Å²) in [4.78, 5) is 12.9. The number of fused-ring (bicyclic) bond motifs is 1.